The number of nitrogens with one attached hydrogen (secondary N) is 1. The molecule has 0 fully saturated rings. The Hall–Kier alpha value is -3.88. The Kier molecular flexibility index (Phi) is 6.07. The van der Waals surface area contributed by atoms with E-state index in [0.717, 1.165) is 12.0 Å². The number of hydrogen-bond donors (Lipinski definition) is 1. The third-order valence-corrected chi connectivity index (χ3v) is 5.20. The largest absolute Gasteiger partial charge is 0.454 e. The summed E-state index contributed by atoms with van der Waals surface area (Å²) < 4.78 is 15.6. The molecule has 2 heterocycles. The Morgan fingerprint density at radius 3 is 2.62 bits per heavy atom. The van der Waals surface area contributed by atoms with Gasteiger partial charge in [0.05, 0.1) is 16.7 Å². The lowest BCUT2D eigenvalue weighted by Crippen LogP contribution is -2.30. The van der Waals surface area contributed by atoms with Gasteiger partial charge < -0.3 is 19.5 Å². The number of amides is 3. The maximum absolute atomic E-state index is 12.5. The van der Waals surface area contributed by atoms with Crippen molar-refractivity contribution in [1.29, 1.82) is 0 Å². The summed E-state index contributed by atoms with van der Waals surface area (Å²) in [6, 6.07) is 9.52. The van der Waals surface area contributed by atoms with E-state index < -0.39 is 24.4 Å². The predicted octanol–water partition coefficient (Wildman–Crippen LogP) is 2.28. The molecule has 0 saturated heterocycles. The highest BCUT2D eigenvalue weighted by Gasteiger charge is 2.35. The summed E-state index contributed by atoms with van der Waals surface area (Å²) in [6.07, 6.45) is 1.56. The van der Waals surface area contributed by atoms with Crippen LogP contribution in [0.15, 0.2) is 36.4 Å². The number of hydrogen-bond acceptors (Lipinski definition) is 7. The van der Waals surface area contributed by atoms with Gasteiger partial charge in [-0.15, -0.1) is 0 Å². The van der Waals surface area contributed by atoms with Crippen molar-refractivity contribution in [2.75, 3.05) is 19.9 Å². The van der Waals surface area contributed by atoms with Gasteiger partial charge in [-0.3, -0.25) is 19.3 Å². The van der Waals surface area contributed by atoms with Gasteiger partial charge in [0.25, 0.3) is 17.7 Å². The quantitative estimate of drug-likeness (QED) is 0.497. The number of fused-ring (bicyclic) bond motifs is 2. The topological polar surface area (TPSA) is 111 Å². The predicted molar refractivity (Wildman–Crippen MR) is 111 cm³/mol. The SMILES string of the molecule is CCCCN1C(=O)c2ccc(C(=O)OCC(=O)NCc3ccc4c(c3)OCO4)cc2C1=O. The van der Waals surface area contributed by atoms with Crippen LogP contribution in [0.25, 0.3) is 0 Å². The van der Waals surface area contributed by atoms with Gasteiger partial charge in [0.2, 0.25) is 6.79 Å². The monoisotopic (exact) mass is 438 g/mol. The number of esters is 1. The van der Waals surface area contributed by atoms with Gasteiger partial charge in [0.1, 0.15) is 0 Å². The molecule has 2 aliphatic rings. The fourth-order valence-corrected chi connectivity index (χ4v) is 3.45. The van der Waals surface area contributed by atoms with Crippen molar-refractivity contribution < 1.29 is 33.4 Å². The minimum atomic E-state index is -0.752. The second-order valence-electron chi connectivity index (χ2n) is 7.42. The molecule has 0 bridgehead atoms. The summed E-state index contributed by atoms with van der Waals surface area (Å²) in [5, 5.41) is 2.66. The number of carbonyl (C=O) groups is 4. The smallest absolute Gasteiger partial charge is 0.338 e. The second kappa shape index (κ2) is 9.09. The van der Waals surface area contributed by atoms with Crippen LogP contribution in [0.3, 0.4) is 0 Å². The first-order valence-electron chi connectivity index (χ1n) is 10.3. The number of rotatable bonds is 8. The number of ether oxygens (including phenoxy) is 3. The fourth-order valence-electron chi connectivity index (χ4n) is 3.45. The Bertz CT molecular complexity index is 1100. The molecule has 0 aliphatic carbocycles. The molecule has 166 valence electrons. The van der Waals surface area contributed by atoms with Gasteiger partial charge in [0, 0.05) is 13.1 Å². The average Bonchev–Trinajstić information content (AvgIpc) is 3.37. The van der Waals surface area contributed by atoms with Crippen LogP contribution in [-0.4, -0.2) is 48.5 Å². The number of benzene rings is 2. The molecule has 0 unspecified atom stereocenters. The molecule has 0 saturated carbocycles. The Morgan fingerprint density at radius 2 is 1.81 bits per heavy atom. The van der Waals surface area contributed by atoms with Crippen molar-refractivity contribution in [3.63, 3.8) is 0 Å². The second-order valence-corrected chi connectivity index (χ2v) is 7.42. The zero-order valence-corrected chi connectivity index (χ0v) is 17.5. The first-order valence-corrected chi connectivity index (χ1v) is 10.3. The van der Waals surface area contributed by atoms with E-state index in [1.807, 2.05) is 6.92 Å². The van der Waals surface area contributed by atoms with Crippen molar-refractivity contribution in [3.05, 3.63) is 58.7 Å². The van der Waals surface area contributed by atoms with Crippen molar-refractivity contribution in [1.82, 2.24) is 10.2 Å². The first kappa shape index (κ1) is 21.4. The van der Waals surface area contributed by atoms with Crippen LogP contribution in [0.2, 0.25) is 0 Å². The lowest BCUT2D eigenvalue weighted by molar-refractivity contribution is -0.124. The van der Waals surface area contributed by atoms with Crippen LogP contribution >= 0.6 is 0 Å². The van der Waals surface area contributed by atoms with Crippen molar-refractivity contribution in [2.24, 2.45) is 0 Å². The minimum Gasteiger partial charge on any atom is -0.454 e. The zero-order valence-electron chi connectivity index (χ0n) is 17.5. The molecule has 9 heteroatoms. The number of carbonyl (C=O) groups excluding carboxylic acids is 4. The van der Waals surface area contributed by atoms with Gasteiger partial charge in [0.15, 0.2) is 18.1 Å². The summed E-state index contributed by atoms with van der Waals surface area (Å²) in [6.45, 7) is 2.23. The van der Waals surface area contributed by atoms with Gasteiger partial charge >= 0.3 is 5.97 Å². The molecule has 3 amide bonds. The van der Waals surface area contributed by atoms with Crippen LogP contribution in [0.5, 0.6) is 11.5 Å². The molecular weight excluding hydrogens is 416 g/mol. The van der Waals surface area contributed by atoms with Crippen LogP contribution < -0.4 is 14.8 Å². The van der Waals surface area contributed by atoms with Crippen LogP contribution in [0.1, 0.15) is 56.4 Å². The Labute approximate surface area is 184 Å². The molecule has 2 aliphatic heterocycles. The maximum atomic E-state index is 12.5. The van der Waals surface area contributed by atoms with E-state index in [9.17, 15) is 19.2 Å². The van der Waals surface area contributed by atoms with Gasteiger partial charge in [-0.1, -0.05) is 19.4 Å². The highest BCUT2D eigenvalue weighted by Crippen LogP contribution is 2.32. The number of unbranched alkanes of at least 4 members (excludes halogenated alkanes) is 1. The molecule has 4 rings (SSSR count). The summed E-state index contributed by atoms with van der Waals surface area (Å²) in [7, 11) is 0. The van der Waals surface area contributed by atoms with E-state index in [-0.39, 0.29) is 35.9 Å². The molecule has 32 heavy (non-hydrogen) atoms. The van der Waals surface area contributed by atoms with Gasteiger partial charge in [-0.05, 0) is 42.3 Å². The summed E-state index contributed by atoms with van der Waals surface area (Å²) in [4.78, 5) is 50.5. The molecule has 2 aromatic rings. The lowest BCUT2D eigenvalue weighted by atomic mass is 10.1. The van der Waals surface area contributed by atoms with E-state index in [4.69, 9.17) is 14.2 Å². The summed E-state index contributed by atoms with van der Waals surface area (Å²) in [5.74, 6) is -0.749. The van der Waals surface area contributed by atoms with Gasteiger partial charge in [-0.2, -0.15) is 0 Å². The molecule has 9 nitrogen and oxygen atoms in total. The van der Waals surface area contributed by atoms with E-state index in [1.165, 1.54) is 23.1 Å². The third-order valence-electron chi connectivity index (χ3n) is 5.20. The summed E-state index contributed by atoms with van der Waals surface area (Å²) in [5.41, 5.74) is 1.35. The van der Waals surface area contributed by atoms with E-state index >= 15 is 0 Å². The number of nitrogens with zero attached hydrogens (tertiary/aromatic N) is 1. The Morgan fingerprint density at radius 1 is 1.03 bits per heavy atom. The highest BCUT2D eigenvalue weighted by atomic mass is 16.7. The van der Waals surface area contributed by atoms with E-state index in [1.54, 1.807) is 18.2 Å². The first-order chi connectivity index (χ1) is 15.5. The summed E-state index contributed by atoms with van der Waals surface area (Å²) >= 11 is 0. The maximum Gasteiger partial charge on any atom is 0.338 e. The molecule has 0 spiro atoms. The van der Waals surface area contributed by atoms with Crippen molar-refractivity contribution in [3.8, 4) is 11.5 Å². The van der Waals surface area contributed by atoms with Crippen LogP contribution in [0.4, 0.5) is 0 Å². The molecule has 0 atom stereocenters. The zero-order chi connectivity index (χ0) is 22.7. The molecule has 1 N–H and O–H groups in total. The molecule has 0 aromatic heterocycles. The molecule has 2 aromatic carbocycles. The lowest BCUT2D eigenvalue weighted by Gasteiger charge is -2.12. The van der Waals surface area contributed by atoms with Crippen molar-refractivity contribution in [2.45, 2.75) is 26.3 Å². The molecular formula is C23H22N2O7. The molecule has 0 radical (unpaired) electrons. The average molecular weight is 438 g/mol. The van der Waals surface area contributed by atoms with Crippen LogP contribution in [-0.2, 0) is 16.1 Å². The van der Waals surface area contributed by atoms with Crippen LogP contribution in [0, 0.1) is 0 Å². The number of imide groups is 1. The Balaban J connectivity index is 1.31. The normalized spacial score (nSPS) is 13.8. The fraction of sp³-hybridized carbons (Fsp3) is 0.304. The van der Waals surface area contributed by atoms with E-state index in [2.05, 4.69) is 5.32 Å². The standard InChI is InChI=1S/C23H22N2O7/c1-2-3-8-25-21(27)16-6-5-15(10-17(16)22(25)28)23(29)30-12-20(26)24-11-14-4-7-18-19(9-14)32-13-31-18/h4-7,9-10H,2-3,8,11-13H2,1H3,(H,24,26). The minimum absolute atomic E-state index is 0.103. The highest BCUT2D eigenvalue weighted by molar-refractivity contribution is 6.22. The van der Waals surface area contributed by atoms with Crippen molar-refractivity contribution >= 4 is 23.7 Å². The van der Waals surface area contributed by atoms with Gasteiger partial charge in [-0.25, -0.2) is 4.79 Å². The third kappa shape index (κ3) is 4.27. The van der Waals surface area contributed by atoms with E-state index in [0.29, 0.717) is 24.5 Å².